The molecule has 7 heteroatoms. The molecule has 0 bridgehead atoms. The second-order valence-electron chi connectivity index (χ2n) is 4.50. The first-order chi connectivity index (χ1) is 9.79. The highest BCUT2D eigenvalue weighted by Crippen LogP contribution is 2.35. The van der Waals surface area contributed by atoms with Gasteiger partial charge in [-0.15, -0.1) is 11.6 Å². The lowest BCUT2D eigenvalue weighted by atomic mass is 9.83. The molecule has 0 aromatic heterocycles. The van der Waals surface area contributed by atoms with E-state index in [4.69, 9.17) is 34.8 Å². The first kappa shape index (κ1) is 16.0. The Balaban J connectivity index is 2.89. The number of fused-ring (bicyclic) bond motifs is 1. The lowest BCUT2D eigenvalue weighted by Crippen LogP contribution is -2.23. The van der Waals surface area contributed by atoms with E-state index in [2.05, 4.69) is 0 Å². The van der Waals surface area contributed by atoms with Gasteiger partial charge in [0.1, 0.15) is 5.75 Å². The van der Waals surface area contributed by atoms with Crippen LogP contribution in [0.2, 0.25) is 0 Å². The summed E-state index contributed by atoms with van der Waals surface area (Å²) in [4.78, 5) is 35.1. The van der Waals surface area contributed by atoms with Gasteiger partial charge in [0.05, 0.1) is 5.56 Å². The van der Waals surface area contributed by atoms with Gasteiger partial charge in [-0.2, -0.15) is 0 Å². The molecular formula is C14H9Cl3O4. The predicted molar refractivity (Wildman–Crippen MR) is 79.9 cm³/mol. The van der Waals surface area contributed by atoms with Gasteiger partial charge in [-0.05, 0) is 24.6 Å². The Kier molecular flexibility index (Phi) is 4.42. The average molecular weight is 348 g/mol. The van der Waals surface area contributed by atoms with E-state index in [1.165, 1.54) is 13.0 Å². The molecule has 1 aliphatic rings. The summed E-state index contributed by atoms with van der Waals surface area (Å²) in [5.74, 6) is -2.38. The molecule has 1 aromatic rings. The minimum atomic E-state index is -1.41. The third kappa shape index (κ3) is 2.59. The van der Waals surface area contributed by atoms with E-state index in [9.17, 15) is 19.5 Å². The van der Waals surface area contributed by atoms with Crippen LogP contribution in [0.15, 0.2) is 17.7 Å². The quantitative estimate of drug-likeness (QED) is 0.671. The molecule has 2 rings (SSSR count). The van der Waals surface area contributed by atoms with Crippen LogP contribution in [0.5, 0.6) is 5.75 Å². The maximum atomic E-state index is 12.3. The number of phenols is 1. The number of carbonyl (C=O) groups is 3. The van der Waals surface area contributed by atoms with E-state index < -0.39 is 27.9 Å². The van der Waals surface area contributed by atoms with Crippen molar-refractivity contribution >= 4 is 52.2 Å². The number of hydrogen-bond acceptors (Lipinski definition) is 4. The Bertz CT molecular complexity index is 705. The molecule has 1 N–H and O–H groups in total. The van der Waals surface area contributed by atoms with E-state index in [1.54, 1.807) is 0 Å². The Morgan fingerprint density at radius 3 is 2.43 bits per heavy atom. The first-order valence-corrected chi connectivity index (χ1v) is 7.24. The van der Waals surface area contributed by atoms with Gasteiger partial charge in [-0.1, -0.05) is 23.2 Å². The lowest BCUT2D eigenvalue weighted by molar-refractivity contribution is 0.0966. The van der Waals surface area contributed by atoms with E-state index >= 15 is 0 Å². The third-order valence-electron chi connectivity index (χ3n) is 3.16. The van der Waals surface area contributed by atoms with Gasteiger partial charge in [0, 0.05) is 22.6 Å². The Morgan fingerprint density at radius 1 is 1.29 bits per heavy atom. The molecule has 0 spiro atoms. The van der Waals surface area contributed by atoms with Crippen LogP contribution < -0.4 is 0 Å². The van der Waals surface area contributed by atoms with E-state index in [-0.39, 0.29) is 33.7 Å². The smallest absolute Gasteiger partial charge is 0.196 e. The van der Waals surface area contributed by atoms with Gasteiger partial charge in [-0.25, -0.2) is 0 Å². The maximum absolute atomic E-state index is 12.3. The number of carbonyl (C=O) groups excluding carboxylic acids is 3. The van der Waals surface area contributed by atoms with Gasteiger partial charge in [-0.3, -0.25) is 14.4 Å². The number of aromatic hydroxyl groups is 1. The van der Waals surface area contributed by atoms with Crippen molar-refractivity contribution in [2.24, 2.45) is 0 Å². The maximum Gasteiger partial charge on any atom is 0.196 e. The second-order valence-corrected chi connectivity index (χ2v) is 5.86. The summed E-state index contributed by atoms with van der Waals surface area (Å²) >= 11 is 16.9. The van der Waals surface area contributed by atoms with Gasteiger partial charge in [0.25, 0.3) is 0 Å². The van der Waals surface area contributed by atoms with Crippen molar-refractivity contribution in [2.75, 3.05) is 0 Å². The number of phenolic OH excluding ortho intramolecular Hbond substituents is 1. The van der Waals surface area contributed by atoms with Crippen molar-refractivity contribution in [3.8, 4) is 5.75 Å². The molecule has 0 unspecified atom stereocenters. The summed E-state index contributed by atoms with van der Waals surface area (Å²) in [6.45, 7) is 1.45. The van der Waals surface area contributed by atoms with Crippen LogP contribution in [0.4, 0.5) is 0 Å². The minimum Gasteiger partial charge on any atom is -0.507 e. The fraction of sp³-hybridized carbons (Fsp3) is 0.214. The summed E-state index contributed by atoms with van der Waals surface area (Å²) in [5, 5.41) is 9.95. The molecule has 0 radical (unpaired) electrons. The number of ketones is 3. The Hall–Kier alpha value is -1.36. The monoisotopic (exact) mass is 346 g/mol. The highest BCUT2D eigenvalue weighted by molar-refractivity contribution is 6.56. The molecule has 0 atom stereocenters. The zero-order valence-corrected chi connectivity index (χ0v) is 13.0. The van der Waals surface area contributed by atoms with Crippen LogP contribution in [0.1, 0.15) is 43.6 Å². The molecule has 4 nitrogen and oxygen atoms in total. The summed E-state index contributed by atoms with van der Waals surface area (Å²) in [6, 6.07) is 1.18. The molecule has 21 heavy (non-hydrogen) atoms. The molecule has 110 valence electrons. The molecule has 1 aromatic carbocycles. The number of benzene rings is 1. The van der Waals surface area contributed by atoms with Crippen LogP contribution in [0.3, 0.4) is 0 Å². The largest absolute Gasteiger partial charge is 0.507 e. The normalized spacial score (nSPS) is 14.2. The van der Waals surface area contributed by atoms with Crippen molar-refractivity contribution in [1.82, 2.24) is 0 Å². The number of alkyl halides is 3. The van der Waals surface area contributed by atoms with E-state index in [0.29, 0.717) is 0 Å². The fourth-order valence-electron chi connectivity index (χ4n) is 2.23. The van der Waals surface area contributed by atoms with Gasteiger partial charge >= 0.3 is 0 Å². The molecule has 0 aliphatic heterocycles. The molecule has 0 amide bonds. The Labute approximate surface area is 135 Å². The number of halogens is 3. The highest BCUT2D eigenvalue weighted by Gasteiger charge is 2.34. The molecule has 1 aliphatic carbocycles. The predicted octanol–water partition coefficient (Wildman–Crippen LogP) is 3.44. The van der Waals surface area contributed by atoms with Crippen LogP contribution in [-0.2, 0) is 5.88 Å². The van der Waals surface area contributed by atoms with Crippen LogP contribution >= 0.6 is 34.8 Å². The number of rotatable bonds is 3. The van der Waals surface area contributed by atoms with Crippen LogP contribution in [0.25, 0.3) is 0 Å². The molecular weight excluding hydrogens is 339 g/mol. The van der Waals surface area contributed by atoms with Crippen molar-refractivity contribution in [3.05, 3.63) is 40.0 Å². The summed E-state index contributed by atoms with van der Waals surface area (Å²) in [7, 11) is 0. The summed E-state index contributed by atoms with van der Waals surface area (Å²) in [6.07, 6.45) is 1.11. The van der Waals surface area contributed by atoms with E-state index in [0.717, 1.165) is 6.08 Å². The van der Waals surface area contributed by atoms with E-state index in [1.807, 2.05) is 0 Å². The molecule has 0 heterocycles. The zero-order valence-electron chi connectivity index (χ0n) is 10.7. The van der Waals surface area contributed by atoms with Crippen molar-refractivity contribution < 1.29 is 19.5 Å². The third-order valence-corrected chi connectivity index (χ3v) is 3.84. The average Bonchev–Trinajstić information content (AvgIpc) is 2.42. The summed E-state index contributed by atoms with van der Waals surface area (Å²) in [5.41, 5.74) is -0.171. The molecule has 0 fully saturated rings. The second kappa shape index (κ2) is 5.79. The number of allylic oxidation sites excluding steroid dienone is 2. The van der Waals surface area contributed by atoms with Crippen LogP contribution in [-0.4, -0.2) is 27.3 Å². The first-order valence-electron chi connectivity index (χ1n) is 5.84. The van der Waals surface area contributed by atoms with Crippen molar-refractivity contribution in [3.63, 3.8) is 0 Å². The van der Waals surface area contributed by atoms with Crippen molar-refractivity contribution in [1.29, 1.82) is 0 Å². The van der Waals surface area contributed by atoms with Gasteiger partial charge in [0.2, 0.25) is 0 Å². The highest BCUT2D eigenvalue weighted by atomic mass is 35.5. The van der Waals surface area contributed by atoms with Gasteiger partial charge in [0.15, 0.2) is 22.2 Å². The standard InChI is InChI=1S/C14H9Cl3O4/c1-5-2-7(18)10-8(19)3-6(4-15)9(11(10)12(5)20)13(21)14(16)17/h2-3,14,19H,4H2,1H3. The molecule has 0 saturated carbocycles. The Morgan fingerprint density at radius 2 is 1.90 bits per heavy atom. The number of Topliss-reactive ketones (excluding diaryl/α,β-unsaturated/α-hetero) is 2. The topological polar surface area (TPSA) is 71.4 Å². The fourth-order valence-corrected chi connectivity index (χ4v) is 2.66. The lowest BCUT2D eigenvalue weighted by Gasteiger charge is -2.20. The zero-order chi connectivity index (χ0) is 15.9. The molecule has 0 saturated heterocycles. The SMILES string of the molecule is CC1=CC(=O)c2c(O)cc(CCl)c(C(=O)C(Cl)Cl)c2C1=O. The number of hydrogen-bond donors (Lipinski definition) is 1. The van der Waals surface area contributed by atoms with Crippen molar-refractivity contribution in [2.45, 2.75) is 17.6 Å². The minimum absolute atomic E-state index is 0.112. The van der Waals surface area contributed by atoms with Crippen LogP contribution in [0, 0.1) is 0 Å². The summed E-state index contributed by atoms with van der Waals surface area (Å²) < 4.78 is 0. The van der Waals surface area contributed by atoms with Gasteiger partial charge < -0.3 is 5.11 Å².